The van der Waals surface area contributed by atoms with Crippen LogP contribution in [0.1, 0.15) is 12.7 Å². The van der Waals surface area contributed by atoms with Gasteiger partial charge in [-0.25, -0.2) is 5.10 Å². The second-order valence-electron chi connectivity index (χ2n) is 4.55. The number of nitrogens with zero attached hydrogens (tertiary/aromatic N) is 4. The summed E-state index contributed by atoms with van der Waals surface area (Å²) in [5.74, 6) is 1.41. The van der Waals surface area contributed by atoms with Gasteiger partial charge in [0.25, 0.3) is 0 Å². The first-order chi connectivity index (χ1) is 10.7. The summed E-state index contributed by atoms with van der Waals surface area (Å²) < 4.78 is 7.27. The molecule has 1 N–H and O–H groups in total. The van der Waals surface area contributed by atoms with E-state index in [0.717, 1.165) is 16.9 Å². The third-order valence-electron chi connectivity index (χ3n) is 2.88. The van der Waals surface area contributed by atoms with Gasteiger partial charge in [-0.15, -0.1) is 0 Å². The van der Waals surface area contributed by atoms with Gasteiger partial charge in [0.05, 0.1) is 12.5 Å². The van der Waals surface area contributed by atoms with Crippen molar-refractivity contribution in [2.75, 3.05) is 0 Å². The second kappa shape index (κ2) is 6.31. The minimum atomic E-state index is 0.425. The molecular weight excluding hydrogens is 298 g/mol. The maximum Gasteiger partial charge on any atom is 0.216 e. The maximum absolute atomic E-state index is 5.27. The first-order valence-electron chi connectivity index (χ1n) is 6.58. The lowest BCUT2D eigenvalue weighted by atomic mass is 10.2. The van der Waals surface area contributed by atoms with Crippen molar-refractivity contribution < 1.29 is 4.42 Å². The molecule has 0 saturated carbocycles. The van der Waals surface area contributed by atoms with Crippen molar-refractivity contribution >= 4 is 24.5 Å². The first kappa shape index (κ1) is 14.2. The summed E-state index contributed by atoms with van der Waals surface area (Å²) in [4.78, 5) is 3.99. The van der Waals surface area contributed by atoms with Crippen LogP contribution < -0.4 is 0 Å². The van der Waals surface area contributed by atoms with Gasteiger partial charge in [0, 0.05) is 18.0 Å². The van der Waals surface area contributed by atoms with Gasteiger partial charge in [0.2, 0.25) is 4.77 Å². The van der Waals surface area contributed by atoms with E-state index in [2.05, 4.69) is 20.3 Å². The van der Waals surface area contributed by atoms with Crippen LogP contribution in [0.3, 0.4) is 0 Å². The molecule has 0 unspecified atom stereocenters. The first-order valence-corrected chi connectivity index (χ1v) is 6.99. The molecule has 0 aliphatic carbocycles. The van der Waals surface area contributed by atoms with Gasteiger partial charge in [-0.05, 0) is 55.1 Å². The summed E-state index contributed by atoms with van der Waals surface area (Å²) in [5.41, 5.74) is 1.81. The molecule has 0 fully saturated rings. The predicted octanol–water partition coefficient (Wildman–Crippen LogP) is 3.53. The van der Waals surface area contributed by atoms with Gasteiger partial charge in [0.1, 0.15) is 5.76 Å². The molecule has 0 spiro atoms. The van der Waals surface area contributed by atoms with Crippen LogP contribution in [0.15, 0.2) is 58.0 Å². The van der Waals surface area contributed by atoms with E-state index in [1.165, 1.54) is 0 Å². The predicted molar refractivity (Wildman–Crippen MR) is 86.9 cm³/mol. The summed E-state index contributed by atoms with van der Waals surface area (Å²) in [6.07, 6.45) is 8.62. The van der Waals surface area contributed by atoms with Gasteiger partial charge in [-0.2, -0.15) is 14.9 Å². The lowest BCUT2D eigenvalue weighted by Crippen LogP contribution is -1.95. The molecule has 7 heteroatoms. The number of aromatic amines is 1. The number of nitrogens with one attached hydrogen (secondary N) is 1. The van der Waals surface area contributed by atoms with E-state index in [4.69, 9.17) is 16.6 Å². The zero-order valence-corrected chi connectivity index (χ0v) is 12.6. The molecule has 6 nitrogen and oxygen atoms in total. The van der Waals surface area contributed by atoms with Crippen LogP contribution in [-0.4, -0.2) is 26.1 Å². The zero-order valence-electron chi connectivity index (χ0n) is 11.8. The Morgan fingerprint density at radius 3 is 2.91 bits per heavy atom. The van der Waals surface area contributed by atoms with E-state index in [0.29, 0.717) is 10.6 Å². The normalized spacial score (nSPS) is 12.1. The Hall–Kier alpha value is -2.80. The highest BCUT2D eigenvalue weighted by atomic mass is 32.1. The Balaban J connectivity index is 1.91. The average Bonchev–Trinajstić information content (AvgIpc) is 3.16. The van der Waals surface area contributed by atoms with Gasteiger partial charge in [0.15, 0.2) is 5.82 Å². The Morgan fingerprint density at radius 2 is 2.18 bits per heavy atom. The summed E-state index contributed by atoms with van der Waals surface area (Å²) in [5, 5.41) is 11.3. The molecular formula is C15H13N5OS. The highest BCUT2D eigenvalue weighted by molar-refractivity contribution is 7.71. The minimum Gasteiger partial charge on any atom is -0.465 e. The van der Waals surface area contributed by atoms with Crippen molar-refractivity contribution in [1.29, 1.82) is 0 Å². The molecule has 3 heterocycles. The van der Waals surface area contributed by atoms with Crippen molar-refractivity contribution in [2.45, 2.75) is 6.92 Å². The SMILES string of the molecule is C/C(C=Nn1c(-c2ccncc2)n[nH]c1=S)=C\c1ccco1. The zero-order chi connectivity index (χ0) is 15.4. The molecule has 0 saturated heterocycles. The van der Waals surface area contributed by atoms with Crippen molar-refractivity contribution in [2.24, 2.45) is 5.10 Å². The minimum absolute atomic E-state index is 0.425. The average molecular weight is 311 g/mol. The van der Waals surface area contributed by atoms with Crippen LogP contribution >= 0.6 is 12.2 Å². The monoisotopic (exact) mass is 311 g/mol. The van der Waals surface area contributed by atoms with Crippen molar-refractivity contribution in [3.63, 3.8) is 0 Å². The molecule has 3 aromatic rings. The molecule has 0 aliphatic heterocycles. The third kappa shape index (κ3) is 3.09. The summed E-state index contributed by atoms with van der Waals surface area (Å²) >= 11 is 5.22. The molecule has 0 aromatic carbocycles. The number of allylic oxidation sites excluding steroid dienone is 1. The molecule has 0 amide bonds. The number of rotatable bonds is 4. The molecule has 22 heavy (non-hydrogen) atoms. The Bertz CT molecular complexity index is 859. The van der Waals surface area contributed by atoms with Gasteiger partial charge in [-0.3, -0.25) is 4.98 Å². The fourth-order valence-corrected chi connectivity index (χ4v) is 2.05. The van der Waals surface area contributed by atoms with E-state index in [1.807, 2.05) is 37.3 Å². The quantitative estimate of drug-likeness (QED) is 0.591. The highest BCUT2D eigenvalue weighted by Gasteiger charge is 2.07. The highest BCUT2D eigenvalue weighted by Crippen LogP contribution is 2.15. The van der Waals surface area contributed by atoms with Crippen molar-refractivity contribution in [3.8, 4) is 11.4 Å². The topological polar surface area (TPSA) is 72.0 Å². The van der Waals surface area contributed by atoms with Crippen molar-refractivity contribution in [3.05, 3.63) is 59.0 Å². The number of furan rings is 1. The van der Waals surface area contributed by atoms with Crippen LogP contribution in [0, 0.1) is 4.77 Å². The maximum atomic E-state index is 5.27. The second-order valence-corrected chi connectivity index (χ2v) is 4.94. The molecule has 0 aliphatic rings. The fourth-order valence-electron chi connectivity index (χ4n) is 1.87. The molecule has 0 bridgehead atoms. The van der Waals surface area contributed by atoms with Crippen molar-refractivity contribution in [1.82, 2.24) is 19.9 Å². The number of hydrogen-bond acceptors (Lipinski definition) is 5. The van der Waals surface area contributed by atoms with E-state index >= 15 is 0 Å². The van der Waals surface area contributed by atoms with Crippen LogP contribution in [0.2, 0.25) is 0 Å². The van der Waals surface area contributed by atoms with Gasteiger partial charge in [-0.1, -0.05) is 0 Å². The van der Waals surface area contributed by atoms with E-state index in [1.54, 1.807) is 29.5 Å². The largest absolute Gasteiger partial charge is 0.465 e. The number of hydrogen-bond donors (Lipinski definition) is 1. The van der Waals surface area contributed by atoms with Gasteiger partial charge >= 0.3 is 0 Å². The Labute approximate surface area is 131 Å². The van der Waals surface area contributed by atoms with Crippen LogP contribution in [0.5, 0.6) is 0 Å². The summed E-state index contributed by atoms with van der Waals surface area (Å²) in [6, 6.07) is 7.41. The number of aromatic nitrogens is 4. The van der Waals surface area contributed by atoms with E-state index < -0.39 is 0 Å². The molecule has 0 radical (unpaired) electrons. The Morgan fingerprint density at radius 1 is 1.36 bits per heavy atom. The smallest absolute Gasteiger partial charge is 0.216 e. The van der Waals surface area contributed by atoms with Crippen LogP contribution in [0.4, 0.5) is 0 Å². The summed E-state index contributed by atoms with van der Waals surface area (Å²) in [6.45, 7) is 1.93. The third-order valence-corrected chi connectivity index (χ3v) is 3.14. The van der Waals surface area contributed by atoms with E-state index in [-0.39, 0.29) is 0 Å². The Kier molecular flexibility index (Phi) is 4.06. The van der Waals surface area contributed by atoms with Crippen LogP contribution in [0.25, 0.3) is 17.5 Å². The fraction of sp³-hybridized carbons (Fsp3) is 0.0667. The lowest BCUT2D eigenvalue weighted by molar-refractivity contribution is 0.557. The number of pyridine rings is 1. The lowest BCUT2D eigenvalue weighted by Gasteiger charge is -2.00. The van der Waals surface area contributed by atoms with Gasteiger partial charge < -0.3 is 4.42 Å². The van der Waals surface area contributed by atoms with Crippen LogP contribution in [-0.2, 0) is 0 Å². The molecule has 3 aromatic heterocycles. The summed E-state index contributed by atoms with van der Waals surface area (Å²) in [7, 11) is 0. The standard InChI is InChI=1S/C15H13N5OS/c1-11(9-13-3-2-8-21-13)10-17-20-14(18-19-15(20)22)12-4-6-16-7-5-12/h2-10H,1H3,(H,19,22)/b11-9+,17-10?. The molecule has 0 atom stereocenters. The molecule has 110 valence electrons. The number of H-pyrrole nitrogens is 1. The van der Waals surface area contributed by atoms with E-state index in [9.17, 15) is 0 Å². The molecule has 3 rings (SSSR count).